The van der Waals surface area contributed by atoms with Crippen LogP contribution in [0.5, 0.6) is 5.75 Å². The third-order valence-corrected chi connectivity index (χ3v) is 4.97. The van der Waals surface area contributed by atoms with Gasteiger partial charge < -0.3 is 5.11 Å². The first kappa shape index (κ1) is 14.6. The van der Waals surface area contributed by atoms with Crippen molar-refractivity contribution in [2.24, 2.45) is 0 Å². The zero-order chi connectivity index (χ0) is 14.6. The Balaban J connectivity index is 2.08. The van der Waals surface area contributed by atoms with E-state index in [-0.39, 0.29) is 10.6 Å². The number of aromatic hydroxyl groups is 1. The first-order valence-corrected chi connectivity index (χ1v) is 7.73. The Kier molecular flexibility index (Phi) is 4.42. The van der Waals surface area contributed by atoms with Crippen molar-refractivity contribution < 1.29 is 13.5 Å². The normalized spacial score (nSPS) is 11.7. The highest BCUT2D eigenvalue weighted by atomic mass is 32.2. The first-order valence-electron chi connectivity index (χ1n) is 6.29. The molecule has 0 saturated carbocycles. The summed E-state index contributed by atoms with van der Waals surface area (Å²) in [6.45, 7) is 0.410. The molecule has 0 saturated heterocycles. The van der Waals surface area contributed by atoms with E-state index in [1.54, 1.807) is 7.05 Å². The Labute approximate surface area is 119 Å². The SMILES string of the molecule is CN(CCc1ccccc1)S(=O)(=O)c1ccc(O)cc1. The first-order chi connectivity index (χ1) is 9.50. The molecule has 20 heavy (non-hydrogen) atoms. The fraction of sp³-hybridized carbons (Fsp3) is 0.200. The molecule has 106 valence electrons. The fourth-order valence-corrected chi connectivity index (χ4v) is 3.02. The summed E-state index contributed by atoms with van der Waals surface area (Å²) >= 11 is 0. The van der Waals surface area contributed by atoms with E-state index in [0.717, 1.165) is 5.56 Å². The minimum atomic E-state index is -3.50. The highest BCUT2D eigenvalue weighted by molar-refractivity contribution is 7.89. The lowest BCUT2D eigenvalue weighted by atomic mass is 10.2. The summed E-state index contributed by atoms with van der Waals surface area (Å²) < 4.78 is 25.9. The van der Waals surface area contributed by atoms with Crippen LogP contribution in [-0.2, 0) is 16.4 Å². The molecule has 0 spiro atoms. The summed E-state index contributed by atoms with van der Waals surface area (Å²) in [4.78, 5) is 0.186. The van der Waals surface area contributed by atoms with E-state index >= 15 is 0 Å². The van der Waals surface area contributed by atoms with Crippen LogP contribution in [0.15, 0.2) is 59.5 Å². The smallest absolute Gasteiger partial charge is 0.242 e. The van der Waals surface area contributed by atoms with Gasteiger partial charge in [-0.25, -0.2) is 12.7 Å². The van der Waals surface area contributed by atoms with Crippen molar-refractivity contribution in [3.63, 3.8) is 0 Å². The molecular formula is C15H17NO3S. The summed E-state index contributed by atoms with van der Waals surface area (Å²) in [5.41, 5.74) is 1.10. The molecule has 0 amide bonds. The van der Waals surface area contributed by atoms with Crippen molar-refractivity contribution in [2.75, 3.05) is 13.6 Å². The van der Waals surface area contributed by atoms with E-state index in [2.05, 4.69) is 0 Å². The number of phenols is 1. The topological polar surface area (TPSA) is 57.6 Å². The number of nitrogens with zero attached hydrogens (tertiary/aromatic N) is 1. The van der Waals surface area contributed by atoms with Crippen molar-refractivity contribution in [3.05, 3.63) is 60.2 Å². The van der Waals surface area contributed by atoms with Gasteiger partial charge in [-0.2, -0.15) is 0 Å². The Morgan fingerprint density at radius 1 is 1.00 bits per heavy atom. The molecule has 4 nitrogen and oxygen atoms in total. The van der Waals surface area contributed by atoms with E-state index in [1.165, 1.54) is 28.6 Å². The van der Waals surface area contributed by atoms with Gasteiger partial charge in [0.1, 0.15) is 5.75 Å². The van der Waals surface area contributed by atoms with E-state index in [9.17, 15) is 13.5 Å². The maximum Gasteiger partial charge on any atom is 0.242 e. The van der Waals surface area contributed by atoms with Gasteiger partial charge in [-0.3, -0.25) is 0 Å². The molecule has 0 aliphatic heterocycles. The van der Waals surface area contributed by atoms with Crippen molar-refractivity contribution in [2.45, 2.75) is 11.3 Å². The molecule has 2 aromatic carbocycles. The molecule has 1 N–H and O–H groups in total. The molecule has 0 fully saturated rings. The summed E-state index contributed by atoms with van der Waals surface area (Å²) in [7, 11) is -1.94. The average molecular weight is 291 g/mol. The molecule has 0 heterocycles. The lowest BCUT2D eigenvalue weighted by Crippen LogP contribution is -2.29. The van der Waals surface area contributed by atoms with Gasteiger partial charge in [0.25, 0.3) is 0 Å². The Morgan fingerprint density at radius 3 is 2.20 bits per heavy atom. The maximum atomic E-state index is 12.3. The Bertz CT molecular complexity index is 651. The molecule has 0 atom stereocenters. The largest absolute Gasteiger partial charge is 0.508 e. The fourth-order valence-electron chi connectivity index (χ4n) is 1.85. The molecule has 0 radical (unpaired) electrons. The second kappa shape index (κ2) is 6.07. The summed E-state index contributed by atoms with van der Waals surface area (Å²) in [5, 5.41) is 9.20. The Hall–Kier alpha value is -1.85. The number of hydrogen-bond acceptors (Lipinski definition) is 3. The molecule has 0 bridgehead atoms. The highest BCUT2D eigenvalue weighted by Gasteiger charge is 2.20. The van der Waals surface area contributed by atoms with Gasteiger partial charge in [0.15, 0.2) is 0 Å². The van der Waals surface area contributed by atoms with Gasteiger partial charge in [0, 0.05) is 13.6 Å². The third-order valence-electron chi connectivity index (χ3n) is 3.10. The van der Waals surface area contributed by atoms with Gasteiger partial charge in [-0.05, 0) is 36.2 Å². The van der Waals surface area contributed by atoms with Crippen molar-refractivity contribution in [3.8, 4) is 5.75 Å². The van der Waals surface area contributed by atoms with Crippen LogP contribution in [0, 0.1) is 0 Å². The van der Waals surface area contributed by atoms with E-state index < -0.39 is 10.0 Å². The molecule has 2 aromatic rings. The van der Waals surface area contributed by atoms with Crippen LogP contribution >= 0.6 is 0 Å². The minimum Gasteiger partial charge on any atom is -0.508 e. The molecule has 0 aliphatic rings. The lowest BCUT2D eigenvalue weighted by molar-refractivity contribution is 0.469. The average Bonchev–Trinajstić information content (AvgIpc) is 2.46. The van der Waals surface area contributed by atoms with Crippen LogP contribution in [0.1, 0.15) is 5.56 Å². The van der Waals surface area contributed by atoms with Crippen LogP contribution in [0.25, 0.3) is 0 Å². The molecule has 2 rings (SSSR count). The second-order valence-electron chi connectivity index (χ2n) is 4.56. The van der Waals surface area contributed by atoms with Gasteiger partial charge in [0.05, 0.1) is 4.90 Å². The number of phenolic OH excluding ortho intramolecular Hbond substituents is 1. The van der Waals surface area contributed by atoms with E-state index in [4.69, 9.17) is 0 Å². The Morgan fingerprint density at radius 2 is 1.60 bits per heavy atom. The third kappa shape index (κ3) is 3.37. The zero-order valence-electron chi connectivity index (χ0n) is 11.2. The minimum absolute atomic E-state index is 0.0517. The van der Waals surface area contributed by atoms with Gasteiger partial charge >= 0.3 is 0 Å². The van der Waals surface area contributed by atoms with Crippen LogP contribution in [0.3, 0.4) is 0 Å². The predicted molar refractivity (Wildman–Crippen MR) is 78.1 cm³/mol. The molecular weight excluding hydrogens is 274 g/mol. The van der Waals surface area contributed by atoms with E-state index in [1.807, 2.05) is 30.3 Å². The van der Waals surface area contributed by atoms with Crippen molar-refractivity contribution in [1.82, 2.24) is 4.31 Å². The molecule has 5 heteroatoms. The van der Waals surface area contributed by atoms with Gasteiger partial charge in [-0.15, -0.1) is 0 Å². The quantitative estimate of drug-likeness (QED) is 0.919. The number of sulfonamides is 1. The lowest BCUT2D eigenvalue weighted by Gasteiger charge is -2.17. The monoisotopic (exact) mass is 291 g/mol. The highest BCUT2D eigenvalue weighted by Crippen LogP contribution is 2.18. The summed E-state index contributed by atoms with van der Waals surface area (Å²) in [5.74, 6) is 0.0517. The number of hydrogen-bond donors (Lipinski definition) is 1. The van der Waals surface area contributed by atoms with Crippen LogP contribution < -0.4 is 0 Å². The van der Waals surface area contributed by atoms with Gasteiger partial charge in [-0.1, -0.05) is 30.3 Å². The standard InChI is InChI=1S/C15H17NO3S/c1-16(12-11-13-5-3-2-4-6-13)20(18,19)15-9-7-14(17)8-10-15/h2-10,17H,11-12H2,1H3. The van der Waals surface area contributed by atoms with E-state index in [0.29, 0.717) is 13.0 Å². The predicted octanol–water partition coefficient (Wildman–Crippen LogP) is 2.26. The van der Waals surface area contributed by atoms with Crippen LogP contribution in [-0.4, -0.2) is 31.4 Å². The summed E-state index contributed by atoms with van der Waals surface area (Å²) in [6.07, 6.45) is 0.661. The summed E-state index contributed by atoms with van der Waals surface area (Å²) in [6, 6.07) is 15.3. The van der Waals surface area contributed by atoms with Crippen molar-refractivity contribution >= 4 is 10.0 Å². The maximum absolute atomic E-state index is 12.3. The van der Waals surface area contributed by atoms with Crippen LogP contribution in [0.4, 0.5) is 0 Å². The van der Waals surface area contributed by atoms with Crippen molar-refractivity contribution in [1.29, 1.82) is 0 Å². The number of likely N-dealkylation sites (N-methyl/N-ethyl adjacent to an activating group) is 1. The second-order valence-corrected chi connectivity index (χ2v) is 6.60. The number of rotatable bonds is 5. The zero-order valence-corrected chi connectivity index (χ0v) is 12.0. The molecule has 0 aromatic heterocycles. The number of benzene rings is 2. The molecule has 0 aliphatic carbocycles. The van der Waals surface area contributed by atoms with Crippen LogP contribution in [0.2, 0.25) is 0 Å². The molecule has 0 unspecified atom stereocenters. The van der Waals surface area contributed by atoms with Gasteiger partial charge in [0.2, 0.25) is 10.0 Å².